The molecule has 0 saturated heterocycles. The lowest BCUT2D eigenvalue weighted by Gasteiger charge is -2.12. The molecule has 0 radical (unpaired) electrons. The first-order chi connectivity index (χ1) is 12.0. The van der Waals surface area contributed by atoms with Gasteiger partial charge in [0, 0.05) is 26.5 Å². The molecule has 0 spiro atoms. The molecule has 8 nitrogen and oxygen atoms in total. The summed E-state index contributed by atoms with van der Waals surface area (Å²) in [6.07, 6.45) is 3.46. The highest BCUT2D eigenvalue weighted by Gasteiger charge is 2.24. The zero-order valence-electron chi connectivity index (χ0n) is 13.4. The van der Waals surface area contributed by atoms with E-state index >= 15 is 0 Å². The van der Waals surface area contributed by atoms with Crippen LogP contribution in [0.25, 0.3) is 11.0 Å². The fourth-order valence-electron chi connectivity index (χ4n) is 2.35. The number of fused-ring (bicyclic) bond motifs is 1. The number of amides is 2. The molecule has 0 aliphatic carbocycles. The number of hydrogen-bond acceptors (Lipinski definition) is 6. The van der Waals surface area contributed by atoms with Crippen molar-refractivity contribution in [2.45, 2.75) is 0 Å². The number of anilines is 3. The molecule has 25 heavy (non-hydrogen) atoms. The highest BCUT2D eigenvalue weighted by atomic mass is 35.5. The molecular weight excluding hydrogens is 346 g/mol. The van der Waals surface area contributed by atoms with E-state index in [9.17, 15) is 9.59 Å². The van der Waals surface area contributed by atoms with E-state index in [2.05, 4.69) is 20.6 Å². The fraction of sp³-hybridized carbons (Fsp3) is 0.125. The second kappa shape index (κ2) is 6.78. The summed E-state index contributed by atoms with van der Waals surface area (Å²) in [6.45, 7) is 0. The molecular formula is C16H14ClN5O3. The van der Waals surface area contributed by atoms with Crippen molar-refractivity contribution in [2.24, 2.45) is 0 Å². The number of furan rings is 1. The molecule has 128 valence electrons. The van der Waals surface area contributed by atoms with Crippen molar-refractivity contribution < 1.29 is 14.0 Å². The maximum absolute atomic E-state index is 12.6. The third kappa shape index (κ3) is 3.24. The molecule has 3 rings (SSSR count). The van der Waals surface area contributed by atoms with Gasteiger partial charge in [0.2, 0.25) is 12.2 Å². The van der Waals surface area contributed by atoms with Crippen LogP contribution in [0.4, 0.5) is 17.3 Å². The van der Waals surface area contributed by atoms with Gasteiger partial charge >= 0.3 is 0 Å². The van der Waals surface area contributed by atoms with E-state index < -0.39 is 5.91 Å². The zero-order valence-corrected chi connectivity index (χ0v) is 14.2. The lowest BCUT2D eigenvalue weighted by molar-refractivity contribution is -0.105. The van der Waals surface area contributed by atoms with Crippen LogP contribution >= 0.6 is 11.6 Å². The molecule has 0 bridgehead atoms. The van der Waals surface area contributed by atoms with Crippen molar-refractivity contribution >= 4 is 52.2 Å². The largest absolute Gasteiger partial charge is 0.448 e. The van der Waals surface area contributed by atoms with Gasteiger partial charge in [-0.05, 0) is 18.2 Å². The molecule has 0 aliphatic rings. The maximum Gasteiger partial charge on any atom is 0.294 e. The summed E-state index contributed by atoms with van der Waals surface area (Å²) in [5.74, 6) is 0.266. The van der Waals surface area contributed by atoms with Gasteiger partial charge in [0.15, 0.2) is 0 Å². The Balaban J connectivity index is 2.07. The number of pyridine rings is 2. The third-order valence-corrected chi connectivity index (χ3v) is 3.61. The van der Waals surface area contributed by atoms with Gasteiger partial charge in [-0.15, -0.1) is 0 Å². The lowest BCUT2D eigenvalue weighted by Crippen LogP contribution is -2.14. The van der Waals surface area contributed by atoms with Gasteiger partial charge in [0.1, 0.15) is 22.9 Å². The van der Waals surface area contributed by atoms with Gasteiger partial charge in [-0.1, -0.05) is 11.6 Å². The third-order valence-electron chi connectivity index (χ3n) is 3.38. The Bertz CT molecular complexity index is 937. The Morgan fingerprint density at radius 3 is 2.72 bits per heavy atom. The number of hydrogen-bond donors (Lipinski definition) is 2. The van der Waals surface area contributed by atoms with Gasteiger partial charge in [-0.3, -0.25) is 9.59 Å². The Kier molecular flexibility index (Phi) is 4.53. The van der Waals surface area contributed by atoms with Crippen molar-refractivity contribution in [3.63, 3.8) is 0 Å². The topological polar surface area (TPSA) is 100 Å². The summed E-state index contributed by atoms with van der Waals surface area (Å²) in [7, 11) is 3.60. The van der Waals surface area contributed by atoms with Gasteiger partial charge in [0.05, 0.1) is 10.4 Å². The first kappa shape index (κ1) is 16.7. The summed E-state index contributed by atoms with van der Waals surface area (Å²) >= 11 is 5.78. The van der Waals surface area contributed by atoms with E-state index in [-0.39, 0.29) is 11.4 Å². The molecule has 0 aromatic carbocycles. The maximum atomic E-state index is 12.6. The highest BCUT2D eigenvalue weighted by molar-refractivity contribution is 6.30. The minimum absolute atomic E-state index is 0.0463. The first-order valence-corrected chi connectivity index (χ1v) is 7.61. The van der Waals surface area contributed by atoms with Crippen LogP contribution in [-0.4, -0.2) is 36.4 Å². The van der Waals surface area contributed by atoms with Crippen molar-refractivity contribution in [3.05, 3.63) is 41.4 Å². The average molecular weight is 360 g/mol. The Labute approximate surface area is 147 Å². The molecule has 0 aliphatic heterocycles. The monoisotopic (exact) mass is 359 g/mol. The van der Waals surface area contributed by atoms with E-state index in [1.807, 2.05) is 0 Å². The molecule has 0 unspecified atom stereocenters. The molecule has 3 heterocycles. The van der Waals surface area contributed by atoms with Crippen LogP contribution < -0.4 is 15.5 Å². The van der Waals surface area contributed by atoms with E-state index in [4.69, 9.17) is 16.0 Å². The van der Waals surface area contributed by atoms with Crippen molar-refractivity contribution in [3.8, 4) is 0 Å². The van der Waals surface area contributed by atoms with Crippen LogP contribution in [-0.2, 0) is 4.79 Å². The van der Waals surface area contributed by atoms with E-state index in [1.54, 1.807) is 43.4 Å². The van der Waals surface area contributed by atoms with Gasteiger partial charge in [-0.25, -0.2) is 9.97 Å². The van der Waals surface area contributed by atoms with Crippen molar-refractivity contribution in [1.29, 1.82) is 0 Å². The van der Waals surface area contributed by atoms with Crippen LogP contribution in [0.1, 0.15) is 10.6 Å². The van der Waals surface area contributed by atoms with Crippen LogP contribution in [0.15, 0.2) is 35.0 Å². The second-order valence-corrected chi connectivity index (χ2v) is 5.72. The summed E-state index contributed by atoms with van der Waals surface area (Å²) in [6, 6.07) is 4.78. The van der Waals surface area contributed by atoms with Crippen molar-refractivity contribution in [1.82, 2.24) is 9.97 Å². The number of halogens is 1. The zero-order chi connectivity index (χ0) is 18.0. The second-order valence-electron chi connectivity index (χ2n) is 5.29. The number of nitrogens with one attached hydrogen (secondary N) is 2. The fourth-order valence-corrected chi connectivity index (χ4v) is 2.46. The summed E-state index contributed by atoms with van der Waals surface area (Å²) < 4.78 is 5.65. The molecule has 9 heteroatoms. The number of carbonyl (C=O) groups excluding carboxylic acids is 2. The van der Waals surface area contributed by atoms with Crippen LogP contribution in [0.5, 0.6) is 0 Å². The van der Waals surface area contributed by atoms with Gasteiger partial charge < -0.3 is 20.0 Å². The molecule has 2 amide bonds. The van der Waals surface area contributed by atoms with Crippen LogP contribution in [0.2, 0.25) is 5.02 Å². The summed E-state index contributed by atoms with van der Waals surface area (Å²) in [5.41, 5.74) is 0.672. The predicted octanol–water partition coefficient (Wildman–Crippen LogP) is 2.76. The average Bonchev–Trinajstić information content (AvgIpc) is 2.96. The Hall–Kier alpha value is -3.13. The predicted molar refractivity (Wildman–Crippen MR) is 95.2 cm³/mol. The summed E-state index contributed by atoms with van der Waals surface area (Å²) in [5, 5.41) is 6.12. The standard InChI is InChI=1S/C16H14ClN5O3/c1-22(2)15-12-10(5-6-18-15)25-14(13(12)20-8-23)16(24)21-11-4-3-9(17)7-19-11/h3-8H,1-2H3,(H,20,23)(H,19,21,24). The van der Waals surface area contributed by atoms with Crippen LogP contribution in [0, 0.1) is 0 Å². The minimum atomic E-state index is -0.555. The highest BCUT2D eigenvalue weighted by Crippen LogP contribution is 2.36. The molecule has 3 aromatic rings. The molecule has 0 fully saturated rings. The van der Waals surface area contributed by atoms with E-state index in [1.165, 1.54) is 6.20 Å². The normalized spacial score (nSPS) is 10.5. The number of nitrogens with zero attached hydrogens (tertiary/aromatic N) is 3. The smallest absolute Gasteiger partial charge is 0.294 e. The van der Waals surface area contributed by atoms with Gasteiger partial charge in [-0.2, -0.15) is 0 Å². The molecule has 0 saturated carbocycles. The number of aromatic nitrogens is 2. The van der Waals surface area contributed by atoms with Crippen molar-refractivity contribution in [2.75, 3.05) is 29.6 Å². The number of rotatable bonds is 5. The van der Waals surface area contributed by atoms with Crippen LogP contribution in [0.3, 0.4) is 0 Å². The quantitative estimate of drug-likeness (QED) is 0.679. The number of carbonyl (C=O) groups is 2. The Morgan fingerprint density at radius 1 is 1.28 bits per heavy atom. The SMILES string of the molecule is CN(C)c1nccc2oc(C(=O)Nc3ccc(Cl)cn3)c(NC=O)c12. The lowest BCUT2D eigenvalue weighted by atomic mass is 10.2. The molecule has 0 atom stereocenters. The van der Waals surface area contributed by atoms with E-state index in [0.717, 1.165) is 0 Å². The molecule has 3 aromatic heterocycles. The van der Waals surface area contributed by atoms with Gasteiger partial charge in [0.25, 0.3) is 5.91 Å². The van der Waals surface area contributed by atoms with E-state index in [0.29, 0.717) is 34.0 Å². The molecule has 2 N–H and O–H groups in total. The minimum Gasteiger partial charge on any atom is -0.448 e. The Morgan fingerprint density at radius 2 is 2.08 bits per heavy atom. The first-order valence-electron chi connectivity index (χ1n) is 7.23. The summed E-state index contributed by atoms with van der Waals surface area (Å²) in [4.78, 5) is 33.6.